The summed E-state index contributed by atoms with van der Waals surface area (Å²) >= 11 is 0. The number of carbonyl (C=O) groups is 1. The molecule has 0 radical (unpaired) electrons. The van der Waals surface area contributed by atoms with Crippen LogP contribution in [0.1, 0.15) is 58.7 Å². The topological polar surface area (TPSA) is 93.5 Å². The Morgan fingerprint density at radius 3 is 2.67 bits per heavy atom. The molecule has 2 N–H and O–H groups in total. The number of pyridine rings is 2. The van der Waals surface area contributed by atoms with Crippen LogP contribution in [0.3, 0.4) is 0 Å². The number of rotatable bonds is 5. The fourth-order valence-electron chi connectivity index (χ4n) is 6.54. The normalized spacial score (nSPS) is 19.0. The van der Waals surface area contributed by atoms with Crippen molar-refractivity contribution in [1.29, 1.82) is 0 Å². The first kappa shape index (κ1) is 24.2. The summed E-state index contributed by atoms with van der Waals surface area (Å²) in [5.41, 5.74) is 5.04. The first-order chi connectivity index (χ1) is 18.9. The van der Waals surface area contributed by atoms with Crippen LogP contribution in [-0.4, -0.2) is 20.6 Å². The SMILES string of the molecule is CCC1(O)C(=O)OCc2c1cc1n(c2=O)Cc2c-1nc1cc(F)c(CNCc3ccccc3)c3c1c2CCC3. The number of aromatic nitrogens is 2. The van der Waals surface area contributed by atoms with Gasteiger partial charge in [-0.15, -0.1) is 0 Å². The van der Waals surface area contributed by atoms with Gasteiger partial charge in [0.25, 0.3) is 5.56 Å². The molecule has 3 aliphatic rings. The molecule has 0 bridgehead atoms. The third-order valence-electron chi connectivity index (χ3n) is 8.59. The first-order valence-corrected chi connectivity index (χ1v) is 13.5. The second-order valence-corrected chi connectivity index (χ2v) is 10.7. The van der Waals surface area contributed by atoms with Gasteiger partial charge in [-0.1, -0.05) is 37.3 Å². The molecule has 2 aliphatic heterocycles. The summed E-state index contributed by atoms with van der Waals surface area (Å²) in [4.78, 5) is 30.9. The van der Waals surface area contributed by atoms with Crippen LogP contribution in [0.2, 0.25) is 0 Å². The van der Waals surface area contributed by atoms with Crippen molar-refractivity contribution >= 4 is 16.9 Å². The van der Waals surface area contributed by atoms with Gasteiger partial charge in [0.2, 0.25) is 0 Å². The van der Waals surface area contributed by atoms with E-state index >= 15 is 4.39 Å². The van der Waals surface area contributed by atoms with Gasteiger partial charge in [0.15, 0.2) is 5.60 Å². The first-order valence-electron chi connectivity index (χ1n) is 13.5. The van der Waals surface area contributed by atoms with Crippen molar-refractivity contribution in [2.75, 3.05) is 0 Å². The van der Waals surface area contributed by atoms with Crippen molar-refractivity contribution < 1.29 is 19.0 Å². The summed E-state index contributed by atoms with van der Waals surface area (Å²) in [5, 5.41) is 15.5. The van der Waals surface area contributed by atoms with Crippen LogP contribution in [0.5, 0.6) is 0 Å². The van der Waals surface area contributed by atoms with Gasteiger partial charge in [-0.05, 0) is 48.4 Å². The highest BCUT2D eigenvalue weighted by atomic mass is 19.1. The van der Waals surface area contributed by atoms with Gasteiger partial charge in [0.1, 0.15) is 12.4 Å². The summed E-state index contributed by atoms with van der Waals surface area (Å²) in [6.07, 6.45) is 2.56. The summed E-state index contributed by atoms with van der Waals surface area (Å²) in [5.74, 6) is -1.04. The molecule has 1 atom stereocenters. The highest BCUT2D eigenvalue weighted by molar-refractivity contribution is 5.92. The molecule has 0 fully saturated rings. The molecule has 8 heteroatoms. The van der Waals surface area contributed by atoms with Gasteiger partial charge in [-0.2, -0.15) is 0 Å². The van der Waals surface area contributed by atoms with Crippen molar-refractivity contribution in [3.8, 4) is 11.4 Å². The lowest BCUT2D eigenvalue weighted by molar-refractivity contribution is -0.172. The Bertz CT molecular complexity index is 1750. The van der Waals surface area contributed by atoms with Crippen LogP contribution in [-0.2, 0) is 54.2 Å². The zero-order valence-electron chi connectivity index (χ0n) is 21.6. The third kappa shape index (κ3) is 3.51. The molecule has 2 aromatic heterocycles. The maximum Gasteiger partial charge on any atom is 0.343 e. The fourth-order valence-corrected chi connectivity index (χ4v) is 6.54. The summed E-state index contributed by atoms with van der Waals surface area (Å²) < 4.78 is 22.4. The number of carbonyl (C=O) groups excluding carboxylic acids is 1. The molecule has 39 heavy (non-hydrogen) atoms. The van der Waals surface area contributed by atoms with Crippen LogP contribution in [0.15, 0.2) is 47.3 Å². The predicted octanol–water partition coefficient (Wildman–Crippen LogP) is 4.00. The van der Waals surface area contributed by atoms with E-state index in [-0.39, 0.29) is 30.0 Å². The van der Waals surface area contributed by atoms with Crippen LogP contribution in [0.25, 0.3) is 22.3 Å². The molecule has 4 aromatic rings. The average Bonchev–Trinajstić information content (AvgIpc) is 3.32. The van der Waals surface area contributed by atoms with Gasteiger partial charge in [-0.25, -0.2) is 14.2 Å². The lowest BCUT2D eigenvalue weighted by atomic mass is 9.84. The number of aryl methyl sites for hydroxylation is 2. The number of nitrogens with zero attached hydrogens (tertiary/aromatic N) is 2. The van der Waals surface area contributed by atoms with Crippen LogP contribution in [0, 0.1) is 5.82 Å². The number of nitrogens with one attached hydrogen (secondary N) is 1. The molecule has 7 rings (SSSR count). The predicted molar refractivity (Wildman–Crippen MR) is 143 cm³/mol. The number of cyclic esters (lactones) is 1. The smallest absolute Gasteiger partial charge is 0.343 e. The van der Waals surface area contributed by atoms with Crippen LogP contribution < -0.4 is 10.9 Å². The zero-order chi connectivity index (χ0) is 26.9. The van der Waals surface area contributed by atoms with E-state index in [1.165, 1.54) is 6.07 Å². The number of fused-ring (bicyclic) bond motifs is 5. The summed E-state index contributed by atoms with van der Waals surface area (Å²) in [6, 6.07) is 13.3. The van der Waals surface area contributed by atoms with Gasteiger partial charge < -0.3 is 19.7 Å². The minimum absolute atomic E-state index is 0.0840. The van der Waals surface area contributed by atoms with Crippen molar-refractivity contribution in [3.05, 3.63) is 97.6 Å². The van der Waals surface area contributed by atoms with Crippen LogP contribution >= 0.6 is 0 Å². The number of hydrogen-bond acceptors (Lipinski definition) is 6. The highest BCUT2D eigenvalue weighted by Crippen LogP contribution is 2.43. The molecule has 1 aliphatic carbocycles. The largest absolute Gasteiger partial charge is 0.458 e. The molecule has 4 heterocycles. The Hall–Kier alpha value is -3.88. The molecule has 198 valence electrons. The van der Waals surface area contributed by atoms with Gasteiger partial charge >= 0.3 is 5.97 Å². The van der Waals surface area contributed by atoms with Crippen molar-refractivity contribution in [2.24, 2.45) is 0 Å². The maximum atomic E-state index is 15.6. The molecular weight excluding hydrogens is 497 g/mol. The van der Waals surface area contributed by atoms with E-state index in [2.05, 4.69) is 5.32 Å². The Morgan fingerprint density at radius 2 is 1.87 bits per heavy atom. The number of hydrogen-bond donors (Lipinski definition) is 2. The zero-order valence-corrected chi connectivity index (χ0v) is 21.6. The summed E-state index contributed by atoms with van der Waals surface area (Å²) in [7, 11) is 0. The van der Waals surface area contributed by atoms with E-state index in [9.17, 15) is 14.7 Å². The van der Waals surface area contributed by atoms with Gasteiger partial charge in [-0.3, -0.25) is 4.79 Å². The highest BCUT2D eigenvalue weighted by Gasteiger charge is 2.45. The Kier molecular flexibility index (Phi) is 5.47. The maximum absolute atomic E-state index is 15.6. The quantitative estimate of drug-likeness (QED) is 0.337. The number of benzene rings is 2. The number of aliphatic hydroxyl groups is 1. The Balaban J connectivity index is 1.35. The van der Waals surface area contributed by atoms with E-state index in [1.54, 1.807) is 17.6 Å². The monoisotopic (exact) mass is 525 g/mol. The molecule has 0 spiro atoms. The van der Waals surface area contributed by atoms with E-state index < -0.39 is 11.6 Å². The molecule has 1 unspecified atom stereocenters. The molecular formula is C31H28FN3O4. The molecule has 2 aromatic carbocycles. The summed E-state index contributed by atoms with van der Waals surface area (Å²) in [6.45, 7) is 2.93. The standard InChI is InChI=1S/C31H28FN3O4/c1-2-31(38)23-11-26-28-21(15-35(26)29(36)22(23)16-39-30(31)37)19-10-6-9-18-20(24(32)12-25(34-28)27(18)19)14-33-13-17-7-4-3-5-8-17/h3-5,7-8,11-12,33,38H,2,6,9-10,13-16H2,1H3. The van der Waals surface area contributed by atoms with Crippen molar-refractivity contribution in [2.45, 2.75) is 64.4 Å². The lowest BCUT2D eigenvalue weighted by Gasteiger charge is -2.31. The minimum Gasteiger partial charge on any atom is -0.458 e. The second kappa shape index (κ2) is 8.83. The third-order valence-corrected chi connectivity index (χ3v) is 8.59. The van der Waals surface area contributed by atoms with Crippen molar-refractivity contribution in [3.63, 3.8) is 0 Å². The molecule has 0 amide bonds. The van der Waals surface area contributed by atoms with Gasteiger partial charge in [0.05, 0.1) is 29.0 Å². The van der Waals surface area contributed by atoms with Crippen molar-refractivity contribution in [1.82, 2.24) is 14.9 Å². The molecule has 0 saturated carbocycles. The fraction of sp³-hybridized carbons (Fsp3) is 0.323. The minimum atomic E-state index is -1.88. The lowest BCUT2D eigenvalue weighted by Crippen LogP contribution is -2.44. The van der Waals surface area contributed by atoms with E-state index in [0.717, 1.165) is 46.9 Å². The Morgan fingerprint density at radius 1 is 1.08 bits per heavy atom. The molecule has 0 saturated heterocycles. The van der Waals surface area contributed by atoms with Crippen LogP contribution in [0.4, 0.5) is 4.39 Å². The molecule has 7 nitrogen and oxygen atoms in total. The number of ether oxygens (including phenoxy) is 1. The number of esters is 1. The van der Waals surface area contributed by atoms with E-state index in [4.69, 9.17) is 9.72 Å². The number of halogens is 1. The van der Waals surface area contributed by atoms with E-state index in [0.29, 0.717) is 47.7 Å². The second-order valence-electron chi connectivity index (χ2n) is 10.7. The van der Waals surface area contributed by atoms with Gasteiger partial charge in [0, 0.05) is 41.2 Å². The van der Waals surface area contributed by atoms with E-state index in [1.807, 2.05) is 30.3 Å². The Labute approximate surface area is 224 Å². The average molecular weight is 526 g/mol.